The van der Waals surface area contributed by atoms with Crippen LogP contribution in [0, 0.1) is 12.7 Å². The summed E-state index contributed by atoms with van der Waals surface area (Å²) < 4.78 is 16.0. The molecule has 0 aliphatic carbocycles. The Morgan fingerprint density at radius 2 is 1.86 bits per heavy atom. The molecule has 28 heavy (non-hydrogen) atoms. The number of pyridine rings is 1. The summed E-state index contributed by atoms with van der Waals surface area (Å²) in [6.07, 6.45) is 0. The number of aryl methyl sites for hydroxylation is 2. The van der Waals surface area contributed by atoms with Crippen molar-refractivity contribution in [1.82, 2.24) is 9.55 Å². The van der Waals surface area contributed by atoms with Crippen LogP contribution in [0.25, 0.3) is 22.2 Å². The molecule has 4 rings (SSSR count). The zero-order valence-electron chi connectivity index (χ0n) is 15.5. The van der Waals surface area contributed by atoms with E-state index < -0.39 is 0 Å². The highest BCUT2D eigenvalue weighted by Gasteiger charge is 2.15. The molecule has 0 aliphatic rings. The van der Waals surface area contributed by atoms with Crippen LogP contribution in [0.3, 0.4) is 0 Å². The van der Waals surface area contributed by atoms with Gasteiger partial charge in [-0.05, 0) is 49.4 Å². The van der Waals surface area contributed by atoms with Crippen LogP contribution in [0.4, 0.5) is 16.0 Å². The van der Waals surface area contributed by atoms with E-state index in [1.165, 1.54) is 6.07 Å². The zero-order chi connectivity index (χ0) is 19.8. The highest BCUT2D eigenvalue weighted by atomic mass is 19.1. The van der Waals surface area contributed by atoms with Crippen LogP contribution in [0.1, 0.15) is 15.9 Å². The standard InChI is InChI=1S/C22H19FN4O/c1-13-6-8-14(9-7-13)22(28)26-20-11-10-15(21(24)25-20)19-12-16-17(23)4-3-5-18(16)27(19)2/h3-12H,1-2H3,(H3,24,25,26,28). The molecular formula is C22H19FN4O. The fourth-order valence-electron chi connectivity index (χ4n) is 3.24. The molecule has 4 aromatic rings. The lowest BCUT2D eigenvalue weighted by Gasteiger charge is -2.10. The van der Waals surface area contributed by atoms with Crippen molar-refractivity contribution in [3.05, 3.63) is 77.6 Å². The predicted octanol–water partition coefficient (Wildman–Crippen LogP) is 4.52. The van der Waals surface area contributed by atoms with Gasteiger partial charge in [-0.25, -0.2) is 9.37 Å². The summed E-state index contributed by atoms with van der Waals surface area (Å²) in [4.78, 5) is 16.7. The lowest BCUT2D eigenvalue weighted by Crippen LogP contribution is -2.13. The van der Waals surface area contributed by atoms with E-state index in [0.717, 1.165) is 16.8 Å². The summed E-state index contributed by atoms with van der Waals surface area (Å²) >= 11 is 0. The summed E-state index contributed by atoms with van der Waals surface area (Å²) in [5.41, 5.74) is 9.96. The number of nitrogens with zero attached hydrogens (tertiary/aromatic N) is 2. The van der Waals surface area contributed by atoms with Gasteiger partial charge in [0.1, 0.15) is 17.5 Å². The third-order valence-corrected chi connectivity index (χ3v) is 4.79. The highest BCUT2D eigenvalue weighted by molar-refractivity contribution is 6.04. The molecule has 2 aromatic carbocycles. The minimum atomic E-state index is -0.284. The Morgan fingerprint density at radius 3 is 2.54 bits per heavy atom. The quantitative estimate of drug-likeness (QED) is 0.554. The maximum Gasteiger partial charge on any atom is 0.256 e. The molecule has 0 saturated heterocycles. The number of hydrogen-bond donors (Lipinski definition) is 2. The van der Waals surface area contributed by atoms with Gasteiger partial charge in [-0.1, -0.05) is 23.8 Å². The molecule has 0 aliphatic heterocycles. The third kappa shape index (κ3) is 3.09. The molecule has 0 radical (unpaired) electrons. The zero-order valence-corrected chi connectivity index (χ0v) is 15.5. The van der Waals surface area contributed by atoms with E-state index in [4.69, 9.17) is 5.73 Å². The Hall–Kier alpha value is -3.67. The molecule has 2 heterocycles. The molecule has 0 spiro atoms. The molecule has 5 nitrogen and oxygen atoms in total. The summed E-state index contributed by atoms with van der Waals surface area (Å²) in [7, 11) is 1.85. The van der Waals surface area contributed by atoms with Gasteiger partial charge in [-0.2, -0.15) is 0 Å². The molecule has 140 valence electrons. The second-order valence-electron chi connectivity index (χ2n) is 6.71. The van der Waals surface area contributed by atoms with Gasteiger partial charge in [0.25, 0.3) is 5.91 Å². The highest BCUT2D eigenvalue weighted by Crippen LogP contribution is 2.32. The molecule has 6 heteroatoms. The molecule has 2 aromatic heterocycles. The fraction of sp³-hybridized carbons (Fsp3) is 0.0909. The lowest BCUT2D eigenvalue weighted by atomic mass is 10.1. The summed E-state index contributed by atoms with van der Waals surface area (Å²) in [5.74, 6) is 0.0731. The monoisotopic (exact) mass is 374 g/mol. The Balaban J connectivity index is 1.65. The minimum absolute atomic E-state index is 0.257. The number of nitrogens with one attached hydrogen (secondary N) is 1. The number of fused-ring (bicyclic) bond motifs is 1. The normalized spacial score (nSPS) is 11.0. The molecule has 0 saturated carbocycles. The maximum absolute atomic E-state index is 14.1. The summed E-state index contributed by atoms with van der Waals surface area (Å²) in [6.45, 7) is 1.96. The largest absolute Gasteiger partial charge is 0.383 e. The van der Waals surface area contributed by atoms with Crippen molar-refractivity contribution in [2.24, 2.45) is 7.05 Å². The van der Waals surface area contributed by atoms with Crippen LogP contribution in [-0.4, -0.2) is 15.5 Å². The topological polar surface area (TPSA) is 72.9 Å². The number of aromatic nitrogens is 2. The molecule has 0 bridgehead atoms. The second-order valence-corrected chi connectivity index (χ2v) is 6.71. The van der Waals surface area contributed by atoms with Gasteiger partial charge < -0.3 is 15.6 Å². The van der Waals surface area contributed by atoms with Crippen molar-refractivity contribution in [1.29, 1.82) is 0 Å². The van der Waals surface area contributed by atoms with Crippen LogP contribution in [-0.2, 0) is 7.05 Å². The first-order valence-corrected chi connectivity index (χ1v) is 8.83. The van der Waals surface area contributed by atoms with E-state index in [0.29, 0.717) is 22.3 Å². The van der Waals surface area contributed by atoms with Gasteiger partial charge in [0.2, 0.25) is 0 Å². The van der Waals surface area contributed by atoms with Gasteiger partial charge in [-0.3, -0.25) is 4.79 Å². The first-order chi connectivity index (χ1) is 13.4. The van der Waals surface area contributed by atoms with Crippen molar-refractivity contribution < 1.29 is 9.18 Å². The van der Waals surface area contributed by atoms with E-state index in [1.807, 2.05) is 36.7 Å². The Kier molecular flexibility index (Phi) is 4.31. The first-order valence-electron chi connectivity index (χ1n) is 8.83. The SMILES string of the molecule is Cc1ccc(C(=O)Nc2ccc(-c3cc4c(F)cccc4n3C)c(N)n2)cc1. The number of carbonyl (C=O) groups excluding carboxylic acids is 1. The van der Waals surface area contributed by atoms with E-state index in [9.17, 15) is 9.18 Å². The van der Waals surface area contributed by atoms with Gasteiger partial charge in [0.15, 0.2) is 0 Å². The van der Waals surface area contributed by atoms with Crippen molar-refractivity contribution in [2.75, 3.05) is 11.1 Å². The van der Waals surface area contributed by atoms with Crippen molar-refractivity contribution in [2.45, 2.75) is 6.92 Å². The number of carbonyl (C=O) groups is 1. The lowest BCUT2D eigenvalue weighted by molar-refractivity contribution is 0.102. The molecule has 0 unspecified atom stereocenters. The first kappa shape index (κ1) is 17.7. The Bertz CT molecular complexity index is 1200. The Morgan fingerprint density at radius 1 is 1.11 bits per heavy atom. The smallest absolute Gasteiger partial charge is 0.256 e. The fourth-order valence-corrected chi connectivity index (χ4v) is 3.24. The van der Waals surface area contributed by atoms with Gasteiger partial charge in [0, 0.05) is 23.6 Å². The number of rotatable bonds is 3. The second kappa shape index (κ2) is 6.81. The molecular weight excluding hydrogens is 355 g/mol. The van der Waals surface area contributed by atoms with E-state index in [1.54, 1.807) is 36.4 Å². The molecule has 3 N–H and O–H groups in total. The van der Waals surface area contributed by atoms with Crippen LogP contribution >= 0.6 is 0 Å². The number of nitrogen functional groups attached to an aromatic ring is 1. The van der Waals surface area contributed by atoms with Crippen molar-refractivity contribution in [3.8, 4) is 11.3 Å². The Labute approximate surface area is 161 Å². The third-order valence-electron chi connectivity index (χ3n) is 4.79. The van der Waals surface area contributed by atoms with Crippen molar-refractivity contribution in [3.63, 3.8) is 0 Å². The minimum Gasteiger partial charge on any atom is -0.383 e. The average molecular weight is 374 g/mol. The number of amides is 1. The average Bonchev–Trinajstić information content (AvgIpc) is 3.00. The van der Waals surface area contributed by atoms with E-state index >= 15 is 0 Å². The van der Waals surface area contributed by atoms with Gasteiger partial charge in [-0.15, -0.1) is 0 Å². The van der Waals surface area contributed by atoms with Crippen molar-refractivity contribution >= 4 is 28.4 Å². The number of hydrogen-bond acceptors (Lipinski definition) is 3. The summed E-state index contributed by atoms with van der Waals surface area (Å²) in [6, 6.07) is 17.4. The molecule has 0 atom stereocenters. The van der Waals surface area contributed by atoms with Crippen LogP contribution in [0.15, 0.2) is 60.7 Å². The van der Waals surface area contributed by atoms with Crippen LogP contribution in [0.2, 0.25) is 0 Å². The van der Waals surface area contributed by atoms with E-state index in [2.05, 4.69) is 10.3 Å². The number of halogens is 1. The number of anilines is 2. The van der Waals surface area contributed by atoms with Crippen LogP contribution < -0.4 is 11.1 Å². The van der Waals surface area contributed by atoms with Gasteiger partial charge >= 0.3 is 0 Å². The van der Waals surface area contributed by atoms with Crippen LogP contribution in [0.5, 0.6) is 0 Å². The van der Waals surface area contributed by atoms with E-state index in [-0.39, 0.29) is 17.5 Å². The predicted molar refractivity (Wildman–Crippen MR) is 110 cm³/mol. The summed E-state index contributed by atoms with van der Waals surface area (Å²) in [5, 5.41) is 3.27. The number of benzene rings is 2. The molecule has 1 amide bonds. The molecule has 0 fully saturated rings. The number of nitrogens with two attached hydrogens (primary N) is 1. The maximum atomic E-state index is 14.1. The van der Waals surface area contributed by atoms with Gasteiger partial charge in [0.05, 0.1) is 11.2 Å².